The van der Waals surface area contributed by atoms with E-state index in [1.165, 1.54) is 6.07 Å². The molecule has 0 saturated carbocycles. The Morgan fingerprint density at radius 1 is 1.33 bits per heavy atom. The van der Waals surface area contributed by atoms with Crippen LogP contribution in [0.2, 0.25) is 0 Å². The molecule has 92 valence electrons. The molecule has 4 heteroatoms. The molecule has 2 rings (SSSR count). The normalized spacial score (nSPS) is 11.0. The largest absolute Gasteiger partial charge is 0.315 e. The quantitative estimate of drug-likeness (QED) is 0.595. The molecule has 0 spiro atoms. The van der Waals surface area contributed by atoms with Gasteiger partial charge in [0.05, 0.1) is 5.39 Å². The zero-order valence-corrected chi connectivity index (χ0v) is 10.4. The first-order valence-corrected chi connectivity index (χ1v) is 6.21. The standard InChI is InChI=1S/C14H15BFNO/c1-2-3-4-6-17-7-5-10-8-11(15)9-12(16)13(10)14(17)18/h5,7-9H,2-4,6H2,1H3. The van der Waals surface area contributed by atoms with E-state index in [-0.39, 0.29) is 10.9 Å². The number of benzene rings is 1. The Morgan fingerprint density at radius 2 is 2.11 bits per heavy atom. The van der Waals surface area contributed by atoms with Gasteiger partial charge in [0.1, 0.15) is 13.7 Å². The number of pyridine rings is 1. The van der Waals surface area contributed by atoms with Crippen molar-refractivity contribution in [2.24, 2.45) is 0 Å². The summed E-state index contributed by atoms with van der Waals surface area (Å²) in [5.74, 6) is -0.542. The van der Waals surface area contributed by atoms with Crippen LogP contribution in [0, 0.1) is 5.82 Å². The van der Waals surface area contributed by atoms with Gasteiger partial charge in [0.25, 0.3) is 5.56 Å². The highest BCUT2D eigenvalue weighted by atomic mass is 19.1. The second-order valence-electron chi connectivity index (χ2n) is 4.49. The Kier molecular flexibility index (Phi) is 3.85. The molecule has 0 saturated heterocycles. The van der Waals surface area contributed by atoms with Crippen LogP contribution in [0.3, 0.4) is 0 Å². The molecule has 18 heavy (non-hydrogen) atoms. The smallest absolute Gasteiger partial charge is 0.261 e. The molecule has 2 aromatic rings. The maximum atomic E-state index is 13.8. The average Bonchev–Trinajstić information content (AvgIpc) is 2.31. The van der Waals surface area contributed by atoms with E-state index >= 15 is 0 Å². The highest BCUT2D eigenvalue weighted by Gasteiger charge is 2.08. The fraction of sp³-hybridized carbons (Fsp3) is 0.357. The third-order valence-electron chi connectivity index (χ3n) is 3.05. The van der Waals surface area contributed by atoms with Gasteiger partial charge in [-0.25, -0.2) is 4.39 Å². The van der Waals surface area contributed by atoms with Gasteiger partial charge >= 0.3 is 0 Å². The van der Waals surface area contributed by atoms with Gasteiger partial charge in [-0.1, -0.05) is 31.3 Å². The lowest BCUT2D eigenvalue weighted by Crippen LogP contribution is -2.21. The van der Waals surface area contributed by atoms with Crippen LogP contribution in [0.1, 0.15) is 26.2 Å². The minimum atomic E-state index is -0.542. The van der Waals surface area contributed by atoms with Crippen molar-refractivity contribution in [2.45, 2.75) is 32.7 Å². The van der Waals surface area contributed by atoms with Gasteiger partial charge in [0.15, 0.2) is 0 Å². The molecule has 1 heterocycles. The highest BCUT2D eigenvalue weighted by molar-refractivity contribution is 6.33. The topological polar surface area (TPSA) is 22.0 Å². The highest BCUT2D eigenvalue weighted by Crippen LogP contribution is 2.12. The van der Waals surface area contributed by atoms with Crippen molar-refractivity contribution in [3.8, 4) is 0 Å². The lowest BCUT2D eigenvalue weighted by molar-refractivity contribution is 0.586. The average molecular weight is 243 g/mol. The number of unbranched alkanes of at least 4 members (excludes halogenated alkanes) is 2. The fourth-order valence-electron chi connectivity index (χ4n) is 2.10. The minimum Gasteiger partial charge on any atom is -0.315 e. The molecule has 1 aromatic heterocycles. The first kappa shape index (κ1) is 12.9. The lowest BCUT2D eigenvalue weighted by Gasteiger charge is -2.08. The molecule has 0 unspecified atom stereocenters. The van der Waals surface area contributed by atoms with Gasteiger partial charge in [-0.05, 0) is 23.9 Å². The molecule has 2 radical (unpaired) electrons. The Labute approximate surface area is 107 Å². The summed E-state index contributed by atoms with van der Waals surface area (Å²) in [6.07, 6.45) is 4.79. The third kappa shape index (κ3) is 2.47. The van der Waals surface area contributed by atoms with Crippen LogP contribution in [0.15, 0.2) is 29.2 Å². The van der Waals surface area contributed by atoms with Crippen molar-refractivity contribution in [3.05, 3.63) is 40.6 Å². The van der Waals surface area contributed by atoms with Gasteiger partial charge < -0.3 is 4.57 Å². The summed E-state index contributed by atoms with van der Waals surface area (Å²) in [5.41, 5.74) is 0.0595. The van der Waals surface area contributed by atoms with Crippen molar-refractivity contribution < 1.29 is 4.39 Å². The Balaban J connectivity index is 2.47. The first-order chi connectivity index (χ1) is 8.63. The number of fused-ring (bicyclic) bond motifs is 1. The van der Waals surface area contributed by atoms with Crippen LogP contribution in [-0.2, 0) is 6.54 Å². The molecule has 0 amide bonds. The molecule has 0 bridgehead atoms. The summed E-state index contributed by atoms with van der Waals surface area (Å²) in [5, 5.41) is 0.687. The van der Waals surface area contributed by atoms with Gasteiger partial charge in [-0.2, -0.15) is 0 Å². The van der Waals surface area contributed by atoms with E-state index in [0.717, 1.165) is 19.3 Å². The third-order valence-corrected chi connectivity index (χ3v) is 3.05. The summed E-state index contributed by atoms with van der Waals surface area (Å²) < 4.78 is 15.3. The van der Waals surface area contributed by atoms with Crippen molar-refractivity contribution in [1.82, 2.24) is 4.57 Å². The van der Waals surface area contributed by atoms with E-state index in [4.69, 9.17) is 7.85 Å². The van der Waals surface area contributed by atoms with Crippen LogP contribution in [0.5, 0.6) is 0 Å². The second-order valence-corrected chi connectivity index (χ2v) is 4.49. The Morgan fingerprint density at radius 3 is 2.83 bits per heavy atom. The molecule has 0 aliphatic rings. The molecular formula is C14H15BFNO. The van der Waals surface area contributed by atoms with Gasteiger partial charge in [0, 0.05) is 12.7 Å². The molecule has 0 aliphatic heterocycles. The monoisotopic (exact) mass is 243 g/mol. The van der Waals surface area contributed by atoms with Crippen LogP contribution >= 0.6 is 0 Å². The maximum Gasteiger partial charge on any atom is 0.261 e. The lowest BCUT2D eigenvalue weighted by atomic mass is 9.93. The van der Waals surface area contributed by atoms with Crippen LogP contribution in [0.4, 0.5) is 4.39 Å². The molecule has 0 N–H and O–H groups in total. The van der Waals surface area contributed by atoms with Crippen molar-refractivity contribution >= 4 is 24.1 Å². The summed E-state index contributed by atoms with van der Waals surface area (Å²) in [7, 11) is 5.56. The van der Waals surface area contributed by atoms with E-state index in [0.29, 0.717) is 17.4 Å². The van der Waals surface area contributed by atoms with Crippen LogP contribution < -0.4 is 11.0 Å². The number of hydrogen-bond acceptors (Lipinski definition) is 1. The van der Waals surface area contributed by atoms with E-state index in [1.54, 1.807) is 22.9 Å². The van der Waals surface area contributed by atoms with Crippen molar-refractivity contribution in [1.29, 1.82) is 0 Å². The minimum absolute atomic E-state index is 0.128. The predicted octanol–water partition coefficient (Wildman–Crippen LogP) is 2.12. The van der Waals surface area contributed by atoms with Crippen molar-refractivity contribution in [2.75, 3.05) is 0 Å². The number of aryl methyl sites for hydroxylation is 1. The van der Waals surface area contributed by atoms with E-state index in [9.17, 15) is 9.18 Å². The molecule has 0 aliphatic carbocycles. The van der Waals surface area contributed by atoms with Gasteiger partial charge in [0.2, 0.25) is 0 Å². The zero-order valence-electron chi connectivity index (χ0n) is 10.4. The maximum absolute atomic E-state index is 13.8. The van der Waals surface area contributed by atoms with E-state index in [2.05, 4.69) is 6.92 Å². The summed E-state index contributed by atoms with van der Waals surface area (Å²) in [4.78, 5) is 12.1. The summed E-state index contributed by atoms with van der Waals surface area (Å²) >= 11 is 0. The number of hydrogen-bond donors (Lipinski definition) is 0. The fourth-order valence-corrected chi connectivity index (χ4v) is 2.10. The van der Waals surface area contributed by atoms with Crippen molar-refractivity contribution in [3.63, 3.8) is 0 Å². The Hall–Kier alpha value is -1.58. The van der Waals surface area contributed by atoms with Crippen LogP contribution in [0.25, 0.3) is 10.8 Å². The summed E-state index contributed by atoms with van der Waals surface area (Å²) in [6, 6.07) is 4.55. The number of rotatable bonds is 4. The molecule has 2 nitrogen and oxygen atoms in total. The van der Waals surface area contributed by atoms with E-state index in [1.807, 2.05) is 0 Å². The molecule has 0 atom stereocenters. The zero-order chi connectivity index (χ0) is 13.1. The second kappa shape index (κ2) is 5.38. The molecular weight excluding hydrogens is 228 g/mol. The van der Waals surface area contributed by atoms with Gasteiger partial charge in [-0.3, -0.25) is 4.79 Å². The number of aromatic nitrogens is 1. The summed E-state index contributed by atoms with van der Waals surface area (Å²) in [6.45, 7) is 2.73. The van der Waals surface area contributed by atoms with Crippen LogP contribution in [-0.4, -0.2) is 12.4 Å². The SMILES string of the molecule is [B]c1cc(F)c2c(=O)n(CCCCC)ccc2c1. The van der Waals surface area contributed by atoms with E-state index < -0.39 is 5.82 Å². The number of halogens is 1. The number of nitrogens with zero attached hydrogens (tertiary/aromatic N) is 1. The predicted molar refractivity (Wildman–Crippen MR) is 73.1 cm³/mol. The Bertz CT molecular complexity index is 621. The molecule has 1 aromatic carbocycles. The molecule has 0 fully saturated rings. The first-order valence-electron chi connectivity index (χ1n) is 6.21. The van der Waals surface area contributed by atoms with Gasteiger partial charge in [-0.15, -0.1) is 0 Å².